The summed E-state index contributed by atoms with van der Waals surface area (Å²) in [4.78, 5) is 34.5. The molecule has 0 atom stereocenters. The first-order valence-corrected chi connectivity index (χ1v) is 12.5. The molecule has 0 unspecified atom stereocenters. The molecule has 0 aromatic heterocycles. The maximum Gasteiger partial charge on any atom is 0.252 e. The summed E-state index contributed by atoms with van der Waals surface area (Å²) in [5.41, 5.74) is 4.84. The highest BCUT2D eigenvalue weighted by atomic mass is 35.5. The number of hydrogen-bond donors (Lipinski definition) is 0. The second kappa shape index (κ2) is 12.8. The molecule has 0 radical (unpaired) electrons. The second-order valence-electron chi connectivity index (χ2n) is 8.11. The molecule has 4 aromatic rings. The molecule has 0 aliphatic rings. The molecule has 186 valence electrons. The lowest BCUT2D eigenvalue weighted by Crippen LogP contribution is -1.90. The van der Waals surface area contributed by atoms with Crippen LogP contribution in [-0.2, 0) is 0 Å². The summed E-state index contributed by atoms with van der Waals surface area (Å²) in [6.45, 7) is 0. The molecule has 0 N–H and O–H groups in total. The van der Waals surface area contributed by atoms with Gasteiger partial charge in [0.25, 0.3) is 15.7 Å². The molecule has 4 rings (SSSR count). The zero-order chi connectivity index (χ0) is 27.8. The molecule has 0 saturated heterocycles. The topological polar surface area (TPSA) is 51.2 Å². The maximum atomic E-state index is 11.5. The van der Waals surface area contributed by atoms with E-state index in [9.17, 15) is 14.4 Å². The van der Waals surface area contributed by atoms with Crippen molar-refractivity contribution in [3.8, 4) is 35.5 Å². The third kappa shape index (κ3) is 7.96. The molecular weight excluding hydrogens is 551 g/mol. The number of carbonyl (C=O) groups excluding carboxylic acids is 3. The lowest BCUT2D eigenvalue weighted by atomic mass is 10.0. The summed E-state index contributed by atoms with van der Waals surface area (Å²) < 4.78 is 0. The molecule has 3 nitrogen and oxygen atoms in total. The average molecular weight is 566 g/mol. The summed E-state index contributed by atoms with van der Waals surface area (Å²) in [7, 11) is 0. The standard InChI is InChI=1S/C33H15Cl3O3/c34-31(37)28-7-1-4-22(19-28)10-13-25-16-26(14-11-23-5-2-8-29(20-23)32(35)38)18-27(17-25)15-12-24-6-3-9-30(21-24)33(36)39/h1-9,16-21H. The minimum Gasteiger partial charge on any atom is -0.276 e. The van der Waals surface area contributed by atoms with Gasteiger partial charge in [0.05, 0.1) is 0 Å². The zero-order valence-corrected chi connectivity index (χ0v) is 22.3. The summed E-state index contributed by atoms with van der Waals surface area (Å²) in [6.07, 6.45) is 0. The van der Waals surface area contributed by atoms with Crippen LogP contribution in [0.2, 0.25) is 0 Å². The number of hydrogen-bond acceptors (Lipinski definition) is 3. The Morgan fingerprint density at radius 3 is 0.897 bits per heavy atom. The van der Waals surface area contributed by atoms with Gasteiger partial charge in [-0.15, -0.1) is 0 Å². The van der Waals surface area contributed by atoms with Gasteiger partial charge in [-0.2, -0.15) is 0 Å². The first-order chi connectivity index (χ1) is 18.8. The van der Waals surface area contributed by atoms with E-state index >= 15 is 0 Å². The Labute approximate surface area is 240 Å². The monoisotopic (exact) mass is 564 g/mol. The Bertz CT molecular complexity index is 1590. The van der Waals surface area contributed by atoms with Crippen molar-refractivity contribution in [2.45, 2.75) is 0 Å². The quantitative estimate of drug-likeness (QED) is 0.198. The van der Waals surface area contributed by atoms with Crippen LogP contribution in [-0.4, -0.2) is 15.7 Å². The fourth-order valence-electron chi connectivity index (χ4n) is 3.43. The van der Waals surface area contributed by atoms with E-state index in [4.69, 9.17) is 34.8 Å². The Morgan fingerprint density at radius 2 is 0.641 bits per heavy atom. The van der Waals surface area contributed by atoms with Gasteiger partial charge in [-0.25, -0.2) is 0 Å². The van der Waals surface area contributed by atoms with E-state index in [1.54, 1.807) is 72.8 Å². The zero-order valence-electron chi connectivity index (χ0n) is 20.0. The van der Waals surface area contributed by atoms with E-state index in [0.29, 0.717) is 50.1 Å². The largest absolute Gasteiger partial charge is 0.276 e. The minimum absolute atomic E-state index is 0.352. The van der Waals surface area contributed by atoms with E-state index in [0.717, 1.165) is 0 Å². The van der Waals surface area contributed by atoms with Gasteiger partial charge in [0.15, 0.2) is 0 Å². The summed E-state index contributed by atoms with van der Waals surface area (Å²) >= 11 is 16.8. The van der Waals surface area contributed by atoms with Crippen molar-refractivity contribution < 1.29 is 14.4 Å². The number of carbonyl (C=O) groups is 3. The molecule has 0 heterocycles. The summed E-state index contributed by atoms with van der Waals surface area (Å²) in [5.74, 6) is 18.4. The van der Waals surface area contributed by atoms with Crippen molar-refractivity contribution in [1.82, 2.24) is 0 Å². The van der Waals surface area contributed by atoms with Crippen molar-refractivity contribution in [3.05, 3.63) is 141 Å². The van der Waals surface area contributed by atoms with Crippen LogP contribution in [0.3, 0.4) is 0 Å². The molecule has 0 saturated carbocycles. The number of benzene rings is 4. The molecule has 0 fully saturated rings. The van der Waals surface area contributed by atoms with Gasteiger partial charge in [0, 0.05) is 50.1 Å². The highest BCUT2D eigenvalue weighted by Crippen LogP contribution is 2.13. The highest BCUT2D eigenvalue weighted by Gasteiger charge is 2.04. The Balaban J connectivity index is 1.75. The summed E-state index contributed by atoms with van der Waals surface area (Å²) in [5, 5.41) is -1.69. The number of halogens is 3. The number of rotatable bonds is 3. The van der Waals surface area contributed by atoms with E-state index < -0.39 is 15.7 Å². The lowest BCUT2D eigenvalue weighted by molar-refractivity contribution is 0.107. The van der Waals surface area contributed by atoms with Gasteiger partial charge in [0.2, 0.25) is 0 Å². The first kappa shape index (κ1) is 27.5. The third-order valence-electron chi connectivity index (χ3n) is 5.26. The molecule has 0 aliphatic carbocycles. The lowest BCUT2D eigenvalue weighted by Gasteiger charge is -1.99. The Morgan fingerprint density at radius 1 is 0.385 bits per heavy atom. The van der Waals surface area contributed by atoms with Crippen LogP contribution in [0.15, 0.2) is 91.0 Å². The van der Waals surface area contributed by atoms with E-state index in [1.807, 2.05) is 18.2 Å². The van der Waals surface area contributed by atoms with E-state index in [-0.39, 0.29) is 0 Å². The van der Waals surface area contributed by atoms with Gasteiger partial charge in [-0.05, 0) is 89.4 Å². The van der Waals surface area contributed by atoms with Crippen LogP contribution < -0.4 is 0 Å². The SMILES string of the molecule is O=C(Cl)c1cccc(C#Cc2cc(C#Cc3cccc(C(=O)Cl)c3)cc(C#Cc3cccc(C(=O)Cl)c3)c2)c1. The predicted molar refractivity (Wildman–Crippen MR) is 154 cm³/mol. The van der Waals surface area contributed by atoms with Gasteiger partial charge >= 0.3 is 0 Å². The molecule has 6 heteroatoms. The van der Waals surface area contributed by atoms with E-state index in [2.05, 4.69) is 35.5 Å². The van der Waals surface area contributed by atoms with Crippen LogP contribution in [0.5, 0.6) is 0 Å². The smallest absolute Gasteiger partial charge is 0.252 e. The fourth-order valence-corrected chi connectivity index (χ4v) is 3.79. The molecular formula is C33H15Cl3O3. The molecule has 0 amide bonds. The minimum atomic E-state index is -0.562. The molecule has 0 bridgehead atoms. The average Bonchev–Trinajstić information content (AvgIpc) is 2.94. The summed E-state index contributed by atoms with van der Waals surface area (Å²) in [6, 6.07) is 25.6. The first-order valence-electron chi connectivity index (χ1n) is 11.4. The van der Waals surface area contributed by atoms with Crippen LogP contribution in [0, 0.1) is 35.5 Å². The Kier molecular flexibility index (Phi) is 9.01. The van der Waals surface area contributed by atoms with Crippen LogP contribution >= 0.6 is 34.8 Å². The highest BCUT2D eigenvalue weighted by molar-refractivity contribution is 6.68. The third-order valence-corrected chi connectivity index (χ3v) is 5.91. The van der Waals surface area contributed by atoms with Crippen molar-refractivity contribution in [2.24, 2.45) is 0 Å². The van der Waals surface area contributed by atoms with Crippen molar-refractivity contribution in [1.29, 1.82) is 0 Å². The van der Waals surface area contributed by atoms with Crippen molar-refractivity contribution in [3.63, 3.8) is 0 Å². The fraction of sp³-hybridized carbons (Fsp3) is 0. The van der Waals surface area contributed by atoms with Gasteiger partial charge in [0.1, 0.15) is 0 Å². The van der Waals surface area contributed by atoms with Crippen molar-refractivity contribution >= 4 is 50.5 Å². The second-order valence-corrected chi connectivity index (χ2v) is 9.14. The maximum absolute atomic E-state index is 11.5. The molecule has 0 spiro atoms. The normalized spacial score (nSPS) is 9.62. The van der Waals surface area contributed by atoms with Crippen LogP contribution in [0.4, 0.5) is 0 Å². The Hall–Kier alpha value is -4.56. The van der Waals surface area contributed by atoms with Crippen molar-refractivity contribution in [2.75, 3.05) is 0 Å². The van der Waals surface area contributed by atoms with Crippen LogP contribution in [0.25, 0.3) is 0 Å². The van der Waals surface area contributed by atoms with E-state index in [1.165, 1.54) is 0 Å². The predicted octanol–water partition coefficient (Wildman–Crippen LogP) is 7.02. The molecule has 39 heavy (non-hydrogen) atoms. The molecule has 0 aliphatic heterocycles. The van der Waals surface area contributed by atoms with Gasteiger partial charge in [-0.3, -0.25) is 14.4 Å². The van der Waals surface area contributed by atoms with Crippen LogP contribution in [0.1, 0.15) is 64.5 Å². The van der Waals surface area contributed by atoms with Gasteiger partial charge in [-0.1, -0.05) is 71.9 Å². The molecule has 4 aromatic carbocycles. The van der Waals surface area contributed by atoms with Gasteiger partial charge < -0.3 is 0 Å².